The summed E-state index contributed by atoms with van der Waals surface area (Å²) in [6.45, 7) is 24.7. The van der Waals surface area contributed by atoms with Crippen LogP contribution < -0.4 is 27.0 Å². The molecule has 10 heteroatoms. The number of carbonyl (C=O) groups is 3. The maximum Gasteiger partial charge on any atom is 0.239 e. The van der Waals surface area contributed by atoms with E-state index < -0.39 is 0 Å². The summed E-state index contributed by atoms with van der Waals surface area (Å²) in [5, 5.41) is 11.9. The molecule has 0 heterocycles. The van der Waals surface area contributed by atoms with Crippen molar-refractivity contribution in [2.75, 3.05) is 60.3 Å². The van der Waals surface area contributed by atoms with Gasteiger partial charge in [0.2, 0.25) is 17.7 Å². The third kappa shape index (κ3) is 22.7. The van der Waals surface area contributed by atoms with E-state index in [-0.39, 0.29) is 23.6 Å². The van der Waals surface area contributed by atoms with Crippen LogP contribution in [0, 0.1) is 66.2 Å². The van der Waals surface area contributed by atoms with Crippen molar-refractivity contribution in [3.8, 4) is 24.7 Å². The Bertz CT molecular complexity index is 2260. The first-order chi connectivity index (χ1) is 31.1. The Hall–Kier alpha value is -6.36. The van der Waals surface area contributed by atoms with Crippen molar-refractivity contribution >= 4 is 52.1 Å². The van der Waals surface area contributed by atoms with Gasteiger partial charge in [-0.3, -0.25) is 19.3 Å². The molecule has 0 spiro atoms. The highest BCUT2D eigenvalue weighted by Gasteiger charge is 2.11. The number of aryl methyl sites for hydroxylation is 7. The van der Waals surface area contributed by atoms with Crippen LogP contribution in [0.3, 0.4) is 0 Å². The van der Waals surface area contributed by atoms with Crippen LogP contribution in [0.1, 0.15) is 84.2 Å². The number of rotatable bonds is 13. The molecule has 0 aliphatic carbocycles. The number of terminal acetylenes is 2. The van der Waals surface area contributed by atoms with Crippen molar-refractivity contribution < 1.29 is 14.4 Å². The number of alkyl halides is 1. The number of para-hydroxylation sites is 3. The third-order valence-corrected chi connectivity index (χ3v) is 10.2. The number of benzene rings is 5. The molecule has 0 unspecified atom stereocenters. The number of anilines is 4. The SMILES string of the molecule is C#Cc1cccc(CCC(=O)Nc2c(C)cccc2C)c1.C#Cc1cccc(N)c1.CCN(CC)CC(=O)Nc1c(C)cccc1C.CCNCC.Cc1cccc(C)c1NC(=O)CCl. The first kappa shape index (κ1) is 56.7. The van der Waals surface area contributed by atoms with Gasteiger partial charge in [-0.2, -0.15) is 0 Å². The molecule has 0 aliphatic rings. The normalized spacial score (nSPS) is 9.75. The number of amides is 3. The van der Waals surface area contributed by atoms with Crippen molar-refractivity contribution in [3.63, 3.8) is 0 Å². The molecule has 0 radical (unpaired) electrons. The number of nitrogens with one attached hydrogen (secondary N) is 4. The minimum Gasteiger partial charge on any atom is -0.399 e. The van der Waals surface area contributed by atoms with Gasteiger partial charge >= 0.3 is 0 Å². The van der Waals surface area contributed by atoms with E-state index in [4.69, 9.17) is 30.2 Å². The largest absolute Gasteiger partial charge is 0.399 e. The van der Waals surface area contributed by atoms with Gasteiger partial charge < -0.3 is 27.0 Å². The second-order valence-electron chi connectivity index (χ2n) is 15.1. The van der Waals surface area contributed by atoms with Crippen LogP contribution in [0.2, 0.25) is 0 Å². The van der Waals surface area contributed by atoms with Crippen LogP contribution in [-0.2, 0) is 20.8 Å². The highest BCUT2D eigenvalue weighted by molar-refractivity contribution is 6.29. The summed E-state index contributed by atoms with van der Waals surface area (Å²) in [7, 11) is 0. The molecular weight excluding hydrogens is 828 g/mol. The highest BCUT2D eigenvalue weighted by atomic mass is 35.5. The van der Waals surface area contributed by atoms with E-state index in [1.165, 1.54) is 0 Å². The van der Waals surface area contributed by atoms with E-state index in [0.717, 1.165) is 93.3 Å². The summed E-state index contributed by atoms with van der Waals surface area (Å²) >= 11 is 5.39. The molecular formula is C55H71ClN6O3. The summed E-state index contributed by atoms with van der Waals surface area (Å²) in [6, 6.07) is 32.9. The molecule has 9 nitrogen and oxygen atoms in total. The zero-order valence-electron chi connectivity index (χ0n) is 40.3. The van der Waals surface area contributed by atoms with Gasteiger partial charge in [0.05, 0.1) is 6.54 Å². The first-order valence-corrected chi connectivity index (χ1v) is 22.6. The van der Waals surface area contributed by atoms with Gasteiger partial charge in [-0.15, -0.1) is 24.4 Å². The minimum atomic E-state index is -0.168. The van der Waals surface area contributed by atoms with E-state index in [0.29, 0.717) is 25.1 Å². The molecule has 0 bridgehead atoms. The molecule has 346 valence electrons. The van der Waals surface area contributed by atoms with Crippen molar-refractivity contribution in [1.29, 1.82) is 0 Å². The van der Waals surface area contributed by atoms with Crippen LogP contribution >= 0.6 is 11.6 Å². The van der Waals surface area contributed by atoms with Gasteiger partial charge in [0.15, 0.2) is 0 Å². The Kier molecular flexibility index (Phi) is 28.2. The van der Waals surface area contributed by atoms with Crippen LogP contribution in [0.5, 0.6) is 0 Å². The number of carbonyl (C=O) groups excluding carboxylic acids is 3. The average molecular weight is 900 g/mol. The lowest BCUT2D eigenvalue weighted by molar-refractivity contribution is -0.117. The molecule has 0 aromatic heterocycles. The van der Waals surface area contributed by atoms with Gasteiger partial charge in [0.25, 0.3) is 0 Å². The topological polar surface area (TPSA) is 129 Å². The first-order valence-electron chi connectivity index (χ1n) is 22.0. The minimum absolute atomic E-state index is 0.00618. The second kappa shape index (κ2) is 32.3. The van der Waals surface area contributed by atoms with Crippen LogP contribution in [-0.4, -0.2) is 61.2 Å². The van der Waals surface area contributed by atoms with Crippen LogP contribution in [0.4, 0.5) is 22.7 Å². The number of nitrogens with two attached hydrogens (primary N) is 1. The van der Waals surface area contributed by atoms with Crippen molar-refractivity contribution in [2.24, 2.45) is 0 Å². The predicted molar refractivity (Wildman–Crippen MR) is 278 cm³/mol. The van der Waals surface area contributed by atoms with E-state index >= 15 is 0 Å². The Morgan fingerprint density at radius 1 is 0.569 bits per heavy atom. The molecule has 0 saturated carbocycles. The molecule has 65 heavy (non-hydrogen) atoms. The Morgan fingerprint density at radius 3 is 1.31 bits per heavy atom. The molecule has 5 aromatic carbocycles. The molecule has 0 aliphatic heterocycles. The monoisotopic (exact) mass is 899 g/mol. The lowest BCUT2D eigenvalue weighted by Gasteiger charge is -2.18. The third-order valence-electron chi connectivity index (χ3n) is 9.91. The van der Waals surface area contributed by atoms with Crippen LogP contribution in [0.15, 0.2) is 103 Å². The summed E-state index contributed by atoms with van der Waals surface area (Å²) in [5.74, 6) is 5.01. The highest BCUT2D eigenvalue weighted by Crippen LogP contribution is 2.21. The number of likely N-dealkylation sites (N-methyl/N-ethyl adjacent to an activating group) is 1. The van der Waals surface area contributed by atoms with Gasteiger partial charge in [0, 0.05) is 40.3 Å². The number of hydrogen-bond acceptors (Lipinski definition) is 6. The smallest absolute Gasteiger partial charge is 0.239 e. The lowest BCUT2D eigenvalue weighted by Crippen LogP contribution is -2.33. The zero-order valence-corrected chi connectivity index (χ0v) is 41.0. The number of nitrogens with zero attached hydrogens (tertiary/aromatic N) is 1. The molecule has 0 saturated heterocycles. The summed E-state index contributed by atoms with van der Waals surface area (Å²) < 4.78 is 0. The predicted octanol–water partition coefficient (Wildman–Crippen LogP) is 10.8. The van der Waals surface area contributed by atoms with Crippen molar-refractivity contribution in [1.82, 2.24) is 10.2 Å². The fraction of sp³-hybridized carbons (Fsp3) is 0.327. The quantitative estimate of drug-likeness (QED) is 0.0455. The molecule has 0 fully saturated rings. The number of nitrogen functional groups attached to an aromatic ring is 1. The van der Waals surface area contributed by atoms with Gasteiger partial charge in [0.1, 0.15) is 5.88 Å². The van der Waals surface area contributed by atoms with E-state index in [2.05, 4.69) is 65.7 Å². The molecule has 3 amide bonds. The van der Waals surface area contributed by atoms with E-state index in [9.17, 15) is 14.4 Å². The maximum atomic E-state index is 12.1. The van der Waals surface area contributed by atoms with Crippen LogP contribution in [0.25, 0.3) is 0 Å². The standard InChI is InChI=1S/C19H19NO.C14H22N2O.C10H12ClNO.C8H7N.C4H11N/c1-4-16-9-6-10-17(13-16)11-12-18(21)20-19-14(2)7-5-8-15(19)3;1-5-16(6-2)10-13(17)15-14-11(3)8-7-9-12(14)4;1-7-4-3-5-8(2)10(7)12-9(13)6-11;1-2-7-4-3-5-8(9)6-7;1-3-5-4-2/h1,5-10,13H,11-12H2,2-3H3,(H,20,21);7-9H,5-6,10H2,1-4H3,(H,15,17);3-5H,6H2,1-2H3,(H,12,13);1,3-6H,9H2;5H,3-4H2,1-2H3. The lowest BCUT2D eigenvalue weighted by atomic mass is 10.1. The molecule has 5 rings (SSSR count). The average Bonchev–Trinajstić information content (AvgIpc) is 3.29. The van der Waals surface area contributed by atoms with Gasteiger partial charge in [-0.25, -0.2) is 0 Å². The zero-order chi connectivity index (χ0) is 48.7. The fourth-order valence-electron chi connectivity index (χ4n) is 6.19. The van der Waals surface area contributed by atoms with Crippen molar-refractivity contribution in [2.45, 2.75) is 82.1 Å². The molecule has 5 aromatic rings. The van der Waals surface area contributed by atoms with E-state index in [1.807, 2.05) is 133 Å². The maximum absolute atomic E-state index is 12.1. The summed E-state index contributed by atoms with van der Waals surface area (Å²) in [6.07, 6.45) is 11.6. The number of hydrogen-bond donors (Lipinski definition) is 5. The molecule has 0 atom stereocenters. The Morgan fingerprint density at radius 2 is 0.954 bits per heavy atom. The Balaban J connectivity index is 0.000000433. The number of halogens is 1. The molecule has 6 N–H and O–H groups in total. The fourth-order valence-corrected chi connectivity index (χ4v) is 6.26. The Labute approximate surface area is 395 Å². The van der Waals surface area contributed by atoms with Gasteiger partial charge in [-0.1, -0.05) is 112 Å². The van der Waals surface area contributed by atoms with E-state index in [1.54, 1.807) is 12.1 Å². The van der Waals surface area contributed by atoms with Gasteiger partial charge in [-0.05, 0) is 143 Å². The summed E-state index contributed by atoms with van der Waals surface area (Å²) in [5.41, 5.74) is 18.1. The second-order valence-corrected chi connectivity index (χ2v) is 15.4. The van der Waals surface area contributed by atoms with Crippen molar-refractivity contribution in [3.05, 3.63) is 153 Å². The summed E-state index contributed by atoms with van der Waals surface area (Å²) in [4.78, 5) is 37.1.